The van der Waals surface area contributed by atoms with Gasteiger partial charge in [0, 0.05) is 49.5 Å². The second-order valence-electron chi connectivity index (χ2n) is 12.8. The van der Waals surface area contributed by atoms with E-state index < -0.39 is 11.6 Å². The number of hydrogen-bond acceptors (Lipinski definition) is 6. The van der Waals surface area contributed by atoms with Crippen LogP contribution in [0.15, 0.2) is 48.7 Å². The maximum atomic E-state index is 15.3. The molecule has 47 heavy (non-hydrogen) atoms. The van der Waals surface area contributed by atoms with Gasteiger partial charge in [0.05, 0.1) is 34.8 Å². The van der Waals surface area contributed by atoms with Crippen molar-refractivity contribution in [1.29, 1.82) is 0 Å². The molecule has 3 heterocycles. The molecule has 0 spiro atoms. The van der Waals surface area contributed by atoms with Crippen LogP contribution in [-0.4, -0.2) is 50.4 Å². The number of aromatic nitrogens is 3. The fourth-order valence-corrected chi connectivity index (χ4v) is 6.03. The molecule has 0 amide bonds. The molecule has 9 heteroatoms. The van der Waals surface area contributed by atoms with Gasteiger partial charge in [-0.15, -0.1) is 0 Å². The van der Waals surface area contributed by atoms with Crippen LogP contribution in [-0.2, 0) is 24.7 Å². The van der Waals surface area contributed by atoms with E-state index in [1.165, 1.54) is 0 Å². The number of aliphatic carboxylic acids is 1. The van der Waals surface area contributed by atoms with Crippen molar-refractivity contribution in [2.75, 3.05) is 24.7 Å². The summed E-state index contributed by atoms with van der Waals surface area (Å²) in [5.41, 5.74) is 11.0. The Bertz CT molecular complexity index is 1950. The number of aliphatic hydroxyl groups is 1. The van der Waals surface area contributed by atoms with Crippen LogP contribution in [0.1, 0.15) is 55.6 Å². The van der Waals surface area contributed by atoms with Crippen LogP contribution in [0.5, 0.6) is 0 Å². The average Bonchev–Trinajstić information content (AvgIpc) is 3.33. The third-order valence-electron chi connectivity index (χ3n) is 8.28. The van der Waals surface area contributed by atoms with Crippen LogP contribution in [0.3, 0.4) is 0 Å². The van der Waals surface area contributed by atoms with Crippen LogP contribution >= 0.6 is 0 Å². The van der Waals surface area contributed by atoms with Gasteiger partial charge in [-0.25, -0.2) is 9.37 Å². The Kier molecular flexibility index (Phi) is 10.4. The number of carboxylic acid groups (broad SMARTS) is 1. The standard InChI is InChI=1S/C34H36FN5O2.C4H10O/c1-8-23-18(2)24(15-27(35)19(23)3)33-25(17-32(41)42)20(4)39-34-26(33)16-31(40(34)7)22-11-12-38-29(14-22)21-9-10-28(36-5)30(13-21)37-6;1-4(2,3)5/h9-16,36-37H,8,17H2,1-7H3,(H,41,42);5H,1-3H3. The summed E-state index contributed by atoms with van der Waals surface area (Å²) >= 11 is 0. The summed E-state index contributed by atoms with van der Waals surface area (Å²) in [6.07, 6.45) is 2.25. The first-order valence-electron chi connectivity index (χ1n) is 15.8. The summed E-state index contributed by atoms with van der Waals surface area (Å²) in [5.74, 6) is -1.25. The first-order chi connectivity index (χ1) is 22.1. The third kappa shape index (κ3) is 7.46. The molecular weight excluding hydrogens is 593 g/mol. The summed E-state index contributed by atoms with van der Waals surface area (Å²) in [7, 11) is 5.72. The van der Waals surface area contributed by atoms with Crippen molar-refractivity contribution in [3.8, 4) is 33.6 Å². The van der Waals surface area contributed by atoms with Crippen molar-refractivity contribution in [3.63, 3.8) is 0 Å². The smallest absolute Gasteiger partial charge is 0.307 e. The van der Waals surface area contributed by atoms with E-state index in [4.69, 9.17) is 10.1 Å². The normalized spacial score (nSPS) is 11.3. The number of nitrogens with zero attached hydrogens (tertiary/aromatic N) is 3. The van der Waals surface area contributed by atoms with Crippen molar-refractivity contribution in [2.45, 2.75) is 66.9 Å². The van der Waals surface area contributed by atoms with Crippen LogP contribution in [0.2, 0.25) is 0 Å². The number of pyridine rings is 2. The Hall–Kier alpha value is -4.76. The summed E-state index contributed by atoms with van der Waals surface area (Å²) in [6, 6.07) is 13.7. The maximum Gasteiger partial charge on any atom is 0.307 e. The highest BCUT2D eigenvalue weighted by molar-refractivity contribution is 6.01. The summed E-state index contributed by atoms with van der Waals surface area (Å²) in [5, 5.41) is 25.6. The number of halogens is 1. The van der Waals surface area contributed by atoms with Crippen LogP contribution in [0, 0.1) is 26.6 Å². The molecule has 0 saturated carbocycles. The van der Waals surface area contributed by atoms with E-state index in [1.807, 2.05) is 76.8 Å². The highest BCUT2D eigenvalue weighted by atomic mass is 19.1. The Morgan fingerprint density at radius 1 is 0.936 bits per heavy atom. The van der Waals surface area contributed by atoms with Crippen molar-refractivity contribution < 1.29 is 19.4 Å². The lowest BCUT2D eigenvalue weighted by Gasteiger charge is -2.19. The molecule has 2 aromatic carbocycles. The topological polar surface area (TPSA) is 112 Å². The molecular formula is C38H46FN5O3. The number of rotatable bonds is 8. The number of anilines is 2. The van der Waals surface area contributed by atoms with E-state index >= 15 is 4.39 Å². The van der Waals surface area contributed by atoms with Crippen LogP contribution in [0.25, 0.3) is 44.7 Å². The van der Waals surface area contributed by atoms with Gasteiger partial charge in [-0.05, 0) is 118 Å². The Balaban J connectivity index is 0.000000930. The van der Waals surface area contributed by atoms with Crippen LogP contribution in [0.4, 0.5) is 15.8 Å². The number of carboxylic acids is 1. The molecule has 4 N–H and O–H groups in total. The molecule has 3 aromatic heterocycles. The Labute approximate surface area is 276 Å². The van der Waals surface area contributed by atoms with Crippen molar-refractivity contribution >= 4 is 28.4 Å². The van der Waals surface area contributed by atoms with Crippen molar-refractivity contribution in [1.82, 2.24) is 14.5 Å². The van der Waals surface area contributed by atoms with Gasteiger partial charge in [0.25, 0.3) is 0 Å². The fraction of sp³-hybridized carbons (Fsp3) is 0.342. The number of benzene rings is 2. The van der Waals surface area contributed by atoms with Gasteiger partial charge < -0.3 is 25.4 Å². The lowest BCUT2D eigenvalue weighted by atomic mass is 9.87. The zero-order valence-corrected chi connectivity index (χ0v) is 29.1. The average molecular weight is 640 g/mol. The summed E-state index contributed by atoms with van der Waals surface area (Å²) in [4.78, 5) is 21.5. The molecule has 5 aromatic rings. The van der Waals surface area contributed by atoms with E-state index in [0.717, 1.165) is 56.0 Å². The molecule has 0 aliphatic carbocycles. The molecule has 0 saturated heterocycles. The third-order valence-corrected chi connectivity index (χ3v) is 8.28. The Morgan fingerprint density at radius 3 is 2.19 bits per heavy atom. The molecule has 0 atom stereocenters. The first-order valence-corrected chi connectivity index (χ1v) is 15.8. The van der Waals surface area contributed by atoms with Crippen LogP contribution < -0.4 is 10.6 Å². The van der Waals surface area contributed by atoms with Gasteiger partial charge in [-0.2, -0.15) is 0 Å². The predicted molar refractivity (Wildman–Crippen MR) is 191 cm³/mol. The van der Waals surface area contributed by atoms with Gasteiger partial charge in [-0.3, -0.25) is 9.78 Å². The zero-order valence-electron chi connectivity index (χ0n) is 29.1. The predicted octanol–water partition coefficient (Wildman–Crippen LogP) is 8.08. The van der Waals surface area contributed by atoms with Gasteiger partial charge >= 0.3 is 5.97 Å². The number of nitrogens with one attached hydrogen (secondary N) is 2. The van der Waals surface area contributed by atoms with E-state index in [-0.39, 0.29) is 12.2 Å². The number of aryl methyl sites for hydroxylation is 2. The largest absolute Gasteiger partial charge is 0.481 e. The summed E-state index contributed by atoms with van der Waals surface area (Å²) < 4.78 is 17.3. The minimum atomic E-state index is -0.957. The number of carbonyl (C=O) groups is 1. The summed E-state index contributed by atoms with van der Waals surface area (Å²) in [6.45, 7) is 12.9. The molecule has 0 fully saturated rings. The van der Waals surface area contributed by atoms with Gasteiger partial charge in [0.2, 0.25) is 0 Å². The molecule has 8 nitrogen and oxygen atoms in total. The highest BCUT2D eigenvalue weighted by Crippen LogP contribution is 2.41. The number of hydrogen-bond donors (Lipinski definition) is 4. The monoisotopic (exact) mass is 639 g/mol. The fourth-order valence-electron chi connectivity index (χ4n) is 6.03. The van der Waals surface area contributed by atoms with E-state index in [1.54, 1.807) is 40.0 Å². The quantitative estimate of drug-likeness (QED) is 0.136. The SMILES string of the molecule is CC(C)(C)O.CCc1c(C)c(F)cc(-c2c(CC(=O)O)c(C)nc3c2cc(-c2ccnc(-c4ccc(NC)c(NC)c4)c2)n3C)c1C. The lowest BCUT2D eigenvalue weighted by molar-refractivity contribution is -0.136. The second-order valence-corrected chi connectivity index (χ2v) is 12.8. The first kappa shape index (κ1) is 35.1. The molecule has 0 aliphatic heterocycles. The number of fused-ring (bicyclic) bond motifs is 1. The minimum Gasteiger partial charge on any atom is -0.481 e. The molecule has 248 valence electrons. The minimum absolute atomic E-state index is 0.208. The van der Waals surface area contributed by atoms with Crippen molar-refractivity contribution in [3.05, 3.63) is 82.4 Å². The van der Waals surface area contributed by atoms with Gasteiger partial charge in [0.15, 0.2) is 0 Å². The Morgan fingerprint density at radius 2 is 1.60 bits per heavy atom. The molecule has 0 radical (unpaired) electrons. The van der Waals surface area contributed by atoms with Gasteiger partial charge in [0.1, 0.15) is 11.5 Å². The lowest BCUT2D eigenvalue weighted by Crippen LogP contribution is -2.10. The van der Waals surface area contributed by atoms with Crippen molar-refractivity contribution in [2.24, 2.45) is 7.05 Å². The zero-order chi connectivity index (χ0) is 34.8. The molecule has 0 bridgehead atoms. The molecule has 5 rings (SSSR count). The van der Waals surface area contributed by atoms with E-state index in [0.29, 0.717) is 34.5 Å². The van der Waals surface area contributed by atoms with Gasteiger partial charge in [-0.1, -0.05) is 13.0 Å². The molecule has 0 aliphatic rings. The molecule has 0 unspecified atom stereocenters. The second kappa shape index (κ2) is 13.9. The maximum absolute atomic E-state index is 15.3. The highest BCUT2D eigenvalue weighted by Gasteiger charge is 2.24. The van der Waals surface area contributed by atoms with E-state index in [9.17, 15) is 9.90 Å². The van der Waals surface area contributed by atoms with E-state index in [2.05, 4.69) is 21.7 Å².